The second-order valence-electron chi connectivity index (χ2n) is 5.14. The number of carboxylic acid groups (broad SMARTS) is 1. The summed E-state index contributed by atoms with van der Waals surface area (Å²) in [4.78, 5) is 20.8. The Bertz CT molecular complexity index is 548. The summed E-state index contributed by atoms with van der Waals surface area (Å²) in [5.74, 6) is -3.88. The van der Waals surface area contributed by atoms with Crippen molar-refractivity contribution in [3.05, 3.63) is 17.6 Å². The second-order valence-corrected chi connectivity index (χ2v) is 5.14. The van der Waals surface area contributed by atoms with E-state index >= 15 is 0 Å². The molecular formula is C13H16F3N3O2. The molecule has 5 nitrogen and oxygen atoms in total. The molecule has 0 aliphatic carbocycles. The molecule has 2 heterocycles. The van der Waals surface area contributed by atoms with Crippen LogP contribution in [0.2, 0.25) is 0 Å². The van der Waals surface area contributed by atoms with Crippen molar-refractivity contribution < 1.29 is 23.1 Å². The van der Waals surface area contributed by atoms with Crippen molar-refractivity contribution >= 4 is 11.8 Å². The van der Waals surface area contributed by atoms with Crippen LogP contribution >= 0.6 is 0 Å². The Labute approximate surface area is 119 Å². The Hall–Kier alpha value is -1.86. The second kappa shape index (κ2) is 5.50. The number of hydrogen-bond donors (Lipinski definition) is 1. The third-order valence-corrected chi connectivity index (χ3v) is 3.58. The highest BCUT2D eigenvalue weighted by molar-refractivity contribution is 5.72. The number of alkyl halides is 3. The third kappa shape index (κ3) is 3.25. The molecule has 0 radical (unpaired) electrons. The highest BCUT2D eigenvalue weighted by atomic mass is 19.4. The average Bonchev–Trinajstić information content (AvgIpc) is 2.83. The topological polar surface area (TPSA) is 66.3 Å². The predicted molar refractivity (Wildman–Crippen MR) is 69.0 cm³/mol. The molecule has 0 spiro atoms. The molecule has 21 heavy (non-hydrogen) atoms. The van der Waals surface area contributed by atoms with Crippen molar-refractivity contribution in [3.63, 3.8) is 0 Å². The van der Waals surface area contributed by atoms with Gasteiger partial charge in [0.2, 0.25) is 0 Å². The first kappa shape index (κ1) is 15.5. The van der Waals surface area contributed by atoms with Crippen LogP contribution in [0.5, 0.6) is 0 Å². The van der Waals surface area contributed by atoms with Gasteiger partial charge in [-0.05, 0) is 6.92 Å². The molecule has 2 atom stereocenters. The lowest BCUT2D eigenvalue weighted by Gasteiger charge is -2.19. The Morgan fingerprint density at radius 2 is 2.10 bits per heavy atom. The molecule has 0 bridgehead atoms. The highest BCUT2D eigenvalue weighted by Gasteiger charge is 2.52. The molecule has 1 aromatic rings. The van der Waals surface area contributed by atoms with Crippen LogP contribution in [-0.4, -0.2) is 40.3 Å². The molecule has 116 valence electrons. The van der Waals surface area contributed by atoms with Crippen molar-refractivity contribution in [2.75, 3.05) is 18.0 Å². The number of aryl methyl sites for hydroxylation is 2. The van der Waals surface area contributed by atoms with Gasteiger partial charge < -0.3 is 10.0 Å². The fourth-order valence-electron chi connectivity index (χ4n) is 2.51. The minimum Gasteiger partial charge on any atom is -0.481 e. The van der Waals surface area contributed by atoms with E-state index in [-0.39, 0.29) is 13.1 Å². The van der Waals surface area contributed by atoms with Crippen molar-refractivity contribution in [2.45, 2.75) is 26.4 Å². The molecule has 1 saturated heterocycles. The van der Waals surface area contributed by atoms with Crippen molar-refractivity contribution in [2.24, 2.45) is 11.8 Å². The van der Waals surface area contributed by atoms with Crippen molar-refractivity contribution in [3.8, 4) is 0 Å². The molecule has 1 aliphatic rings. The Morgan fingerprint density at radius 3 is 2.57 bits per heavy atom. The van der Waals surface area contributed by atoms with Crippen molar-refractivity contribution in [1.82, 2.24) is 9.97 Å². The maximum absolute atomic E-state index is 13.0. The number of halogens is 3. The van der Waals surface area contributed by atoms with Crippen LogP contribution in [0.15, 0.2) is 6.07 Å². The normalized spacial score (nSPS) is 22.6. The van der Waals surface area contributed by atoms with E-state index in [0.717, 1.165) is 0 Å². The molecule has 1 aromatic heterocycles. The zero-order valence-corrected chi connectivity index (χ0v) is 11.7. The summed E-state index contributed by atoms with van der Waals surface area (Å²) in [5, 5.41) is 9.01. The standard InChI is InChI=1S/C13H16F3N3O2/c1-3-10-17-7(2)4-11(18-10)19-5-8(12(20)21)9(6-19)13(14,15)16/h4,8-9H,3,5-6H2,1-2H3,(H,20,21)/t8-,9-/m1/s1. The fraction of sp³-hybridized carbons (Fsp3) is 0.615. The van der Waals surface area contributed by atoms with Gasteiger partial charge in [-0.15, -0.1) is 0 Å². The van der Waals surface area contributed by atoms with E-state index in [2.05, 4.69) is 9.97 Å². The number of anilines is 1. The van der Waals surface area contributed by atoms with E-state index in [1.54, 1.807) is 13.0 Å². The van der Waals surface area contributed by atoms with Gasteiger partial charge in [-0.25, -0.2) is 9.97 Å². The summed E-state index contributed by atoms with van der Waals surface area (Å²) < 4.78 is 38.9. The van der Waals surface area contributed by atoms with Gasteiger partial charge in [0.05, 0.1) is 11.8 Å². The van der Waals surface area contributed by atoms with Gasteiger partial charge >= 0.3 is 12.1 Å². The predicted octanol–water partition coefficient (Wildman–Crippen LogP) is 2.05. The third-order valence-electron chi connectivity index (χ3n) is 3.58. The molecule has 0 saturated carbocycles. The van der Waals surface area contributed by atoms with Crippen LogP contribution in [0.3, 0.4) is 0 Å². The lowest BCUT2D eigenvalue weighted by atomic mass is 9.96. The minimum absolute atomic E-state index is 0.195. The van der Waals surface area contributed by atoms with Crippen molar-refractivity contribution in [1.29, 1.82) is 0 Å². The molecule has 0 aromatic carbocycles. The first-order chi connectivity index (χ1) is 9.72. The van der Waals surface area contributed by atoms with Crippen LogP contribution in [0.1, 0.15) is 18.4 Å². The van der Waals surface area contributed by atoms with Gasteiger partial charge in [-0.3, -0.25) is 4.79 Å². The number of aliphatic carboxylic acids is 1. The fourth-order valence-corrected chi connectivity index (χ4v) is 2.51. The van der Waals surface area contributed by atoms with Crippen LogP contribution in [0.25, 0.3) is 0 Å². The average molecular weight is 303 g/mol. The highest BCUT2D eigenvalue weighted by Crippen LogP contribution is 2.39. The number of carbonyl (C=O) groups is 1. The number of rotatable bonds is 3. The molecule has 1 aliphatic heterocycles. The van der Waals surface area contributed by atoms with E-state index in [1.165, 1.54) is 4.90 Å². The lowest BCUT2D eigenvalue weighted by Crippen LogP contribution is -2.33. The van der Waals surface area contributed by atoms with E-state index in [4.69, 9.17) is 5.11 Å². The number of nitrogens with zero attached hydrogens (tertiary/aromatic N) is 3. The monoisotopic (exact) mass is 303 g/mol. The molecule has 0 unspecified atom stereocenters. The van der Waals surface area contributed by atoms with Gasteiger partial charge in [0, 0.05) is 31.3 Å². The van der Waals surface area contributed by atoms with Gasteiger partial charge in [-0.2, -0.15) is 13.2 Å². The van der Waals surface area contributed by atoms with Gasteiger partial charge in [0.1, 0.15) is 11.6 Å². The van der Waals surface area contributed by atoms with Crippen LogP contribution < -0.4 is 4.90 Å². The summed E-state index contributed by atoms with van der Waals surface area (Å²) >= 11 is 0. The largest absolute Gasteiger partial charge is 0.481 e. The maximum atomic E-state index is 13.0. The number of hydrogen-bond acceptors (Lipinski definition) is 4. The minimum atomic E-state index is -4.53. The molecule has 0 amide bonds. The first-order valence-electron chi connectivity index (χ1n) is 6.61. The molecule has 2 rings (SSSR count). The first-order valence-corrected chi connectivity index (χ1v) is 6.61. The summed E-state index contributed by atoms with van der Waals surface area (Å²) in [6.45, 7) is 3.00. The quantitative estimate of drug-likeness (QED) is 0.925. The summed E-state index contributed by atoms with van der Waals surface area (Å²) in [5.41, 5.74) is 0.652. The van der Waals surface area contributed by atoms with Gasteiger partial charge in [-0.1, -0.05) is 6.92 Å². The molecular weight excluding hydrogens is 287 g/mol. The Kier molecular flexibility index (Phi) is 4.06. The summed E-state index contributed by atoms with van der Waals surface area (Å²) in [7, 11) is 0. The maximum Gasteiger partial charge on any atom is 0.394 e. The van der Waals surface area contributed by atoms with Crippen LogP contribution in [0, 0.1) is 18.8 Å². The lowest BCUT2D eigenvalue weighted by molar-refractivity contribution is -0.187. The van der Waals surface area contributed by atoms with E-state index in [0.29, 0.717) is 23.8 Å². The van der Waals surface area contributed by atoms with Gasteiger partial charge in [0.15, 0.2) is 0 Å². The van der Waals surface area contributed by atoms with E-state index in [9.17, 15) is 18.0 Å². The SMILES string of the molecule is CCc1nc(C)cc(N2C[C@@H](C(F)(F)F)[C@H](C(=O)O)C2)n1. The van der Waals surface area contributed by atoms with Crippen LogP contribution in [0.4, 0.5) is 19.0 Å². The zero-order valence-electron chi connectivity index (χ0n) is 11.7. The van der Waals surface area contributed by atoms with E-state index in [1.807, 2.05) is 6.92 Å². The smallest absolute Gasteiger partial charge is 0.394 e. The summed E-state index contributed by atoms with van der Waals surface area (Å²) in [6, 6.07) is 1.58. The van der Waals surface area contributed by atoms with Gasteiger partial charge in [0.25, 0.3) is 0 Å². The molecule has 1 fully saturated rings. The van der Waals surface area contributed by atoms with E-state index < -0.39 is 24.0 Å². The summed E-state index contributed by atoms with van der Waals surface area (Å²) in [6.07, 6.45) is -3.97. The zero-order chi connectivity index (χ0) is 15.8. The number of aromatic nitrogens is 2. The Morgan fingerprint density at radius 1 is 1.43 bits per heavy atom. The molecule has 1 N–H and O–H groups in total. The molecule has 8 heteroatoms. The van der Waals surface area contributed by atoms with Crippen LogP contribution in [-0.2, 0) is 11.2 Å². The Balaban J connectivity index is 2.30. The number of carboxylic acids is 1.